The van der Waals surface area contributed by atoms with Crippen LogP contribution in [0.2, 0.25) is 0 Å². The lowest BCUT2D eigenvalue weighted by Gasteiger charge is -2.47. The Hall–Kier alpha value is -3.16. The minimum absolute atomic E-state index is 0.0489. The molecule has 0 saturated carbocycles. The lowest BCUT2D eigenvalue weighted by atomic mass is 9.62. The standard InChI is InChI=1S/C28H30O6/c29-13-1-3-19-5-7-25(32)22(15-19)10-12-28-11-9-21(18-31)17-24(28)23-16-20(4-2-14-30)6-8-26(23)34-27(28)33/h1-8,10,12,15-17,24,27,29-33H,9,11,13-14,18H2/b3-1+,4-2+,12-10+/t24-,27+,28-/m0/s1. The van der Waals surface area contributed by atoms with E-state index in [0.717, 1.165) is 22.3 Å². The minimum atomic E-state index is -1.11. The van der Waals surface area contributed by atoms with E-state index in [0.29, 0.717) is 24.2 Å². The van der Waals surface area contributed by atoms with Crippen molar-refractivity contribution in [3.63, 3.8) is 0 Å². The third-order valence-electron chi connectivity index (χ3n) is 6.59. The third-order valence-corrected chi connectivity index (χ3v) is 6.59. The fraction of sp³-hybridized carbons (Fsp3) is 0.286. The molecule has 4 rings (SSSR count). The summed E-state index contributed by atoms with van der Waals surface area (Å²) in [6, 6.07) is 10.8. The Morgan fingerprint density at radius 1 is 0.941 bits per heavy atom. The van der Waals surface area contributed by atoms with Crippen LogP contribution in [0.5, 0.6) is 11.5 Å². The highest BCUT2D eigenvalue weighted by Crippen LogP contribution is 2.55. The number of aliphatic hydroxyl groups excluding tert-OH is 4. The van der Waals surface area contributed by atoms with Gasteiger partial charge in [-0.1, -0.05) is 54.7 Å². The van der Waals surface area contributed by atoms with Crippen molar-refractivity contribution in [1.82, 2.24) is 0 Å². The summed E-state index contributed by atoms with van der Waals surface area (Å²) in [5, 5.41) is 49.6. The molecule has 0 radical (unpaired) electrons. The van der Waals surface area contributed by atoms with Gasteiger partial charge in [-0.25, -0.2) is 0 Å². The molecule has 3 atom stereocenters. The predicted molar refractivity (Wildman–Crippen MR) is 132 cm³/mol. The number of phenols is 1. The molecule has 2 aromatic carbocycles. The molecule has 5 N–H and O–H groups in total. The number of rotatable bonds is 7. The molecule has 178 valence electrons. The van der Waals surface area contributed by atoms with Crippen molar-refractivity contribution in [2.45, 2.75) is 25.0 Å². The van der Waals surface area contributed by atoms with E-state index in [1.165, 1.54) is 0 Å². The third kappa shape index (κ3) is 4.72. The number of hydrogen-bond acceptors (Lipinski definition) is 6. The van der Waals surface area contributed by atoms with Gasteiger partial charge in [0.05, 0.1) is 25.2 Å². The van der Waals surface area contributed by atoms with Gasteiger partial charge in [0.15, 0.2) is 0 Å². The zero-order valence-corrected chi connectivity index (χ0v) is 18.8. The Labute approximate surface area is 199 Å². The topological polar surface area (TPSA) is 110 Å². The molecule has 0 saturated heterocycles. The molecule has 0 unspecified atom stereocenters. The highest BCUT2D eigenvalue weighted by Gasteiger charge is 2.50. The molecule has 2 aliphatic rings. The van der Waals surface area contributed by atoms with E-state index in [4.69, 9.17) is 14.9 Å². The van der Waals surface area contributed by atoms with Gasteiger partial charge in [-0.3, -0.25) is 0 Å². The van der Waals surface area contributed by atoms with E-state index < -0.39 is 11.7 Å². The highest BCUT2D eigenvalue weighted by atomic mass is 16.6. The molecule has 1 heterocycles. The van der Waals surface area contributed by atoms with E-state index in [-0.39, 0.29) is 31.5 Å². The fourth-order valence-electron chi connectivity index (χ4n) is 4.75. The van der Waals surface area contributed by atoms with Crippen molar-refractivity contribution >= 4 is 18.2 Å². The summed E-state index contributed by atoms with van der Waals surface area (Å²) < 4.78 is 5.97. The zero-order valence-electron chi connectivity index (χ0n) is 18.8. The van der Waals surface area contributed by atoms with Crippen molar-refractivity contribution in [1.29, 1.82) is 0 Å². The van der Waals surface area contributed by atoms with Crippen LogP contribution in [0, 0.1) is 5.41 Å². The first-order valence-corrected chi connectivity index (χ1v) is 11.4. The smallest absolute Gasteiger partial charge is 0.207 e. The molecule has 0 spiro atoms. The van der Waals surface area contributed by atoms with E-state index in [2.05, 4.69) is 0 Å². The molecule has 6 heteroatoms. The van der Waals surface area contributed by atoms with Gasteiger partial charge in [-0.05, 0) is 53.8 Å². The van der Waals surface area contributed by atoms with Crippen molar-refractivity contribution < 1.29 is 30.3 Å². The van der Waals surface area contributed by atoms with Crippen molar-refractivity contribution in [2.24, 2.45) is 5.41 Å². The summed E-state index contributed by atoms with van der Waals surface area (Å²) in [6.07, 6.45) is 12.6. The molecule has 0 amide bonds. The molecule has 0 fully saturated rings. The molecule has 2 aromatic rings. The lowest BCUT2D eigenvalue weighted by Crippen LogP contribution is -2.47. The molecule has 1 aliphatic carbocycles. The van der Waals surface area contributed by atoms with Gasteiger partial charge in [0.1, 0.15) is 11.5 Å². The number of aromatic hydroxyl groups is 1. The number of benzene rings is 2. The SMILES string of the molecule is OC/C=C/c1ccc(O)c(/C=C/[C@@]23CCC(CO)=C[C@H]2c2cc(/C=C/CO)ccc2O[C@H]3O)c1. The summed E-state index contributed by atoms with van der Waals surface area (Å²) in [5.41, 5.74) is 3.32. The zero-order chi connectivity index (χ0) is 24.1. The first-order chi connectivity index (χ1) is 16.5. The second kappa shape index (κ2) is 10.4. The molecule has 1 aliphatic heterocycles. The Kier molecular flexibility index (Phi) is 7.34. The second-order valence-corrected chi connectivity index (χ2v) is 8.66. The summed E-state index contributed by atoms with van der Waals surface area (Å²) in [6.45, 7) is -0.186. The largest absolute Gasteiger partial charge is 0.507 e. The number of aliphatic hydroxyl groups is 4. The second-order valence-electron chi connectivity index (χ2n) is 8.66. The van der Waals surface area contributed by atoms with Gasteiger partial charge >= 0.3 is 0 Å². The maximum Gasteiger partial charge on any atom is 0.207 e. The quantitative estimate of drug-likeness (QED) is 0.402. The highest BCUT2D eigenvalue weighted by molar-refractivity contribution is 5.64. The van der Waals surface area contributed by atoms with Crippen molar-refractivity contribution in [3.05, 3.63) is 88.5 Å². The Morgan fingerprint density at radius 3 is 2.35 bits per heavy atom. The van der Waals surface area contributed by atoms with Gasteiger partial charge < -0.3 is 30.3 Å². The summed E-state index contributed by atoms with van der Waals surface area (Å²) >= 11 is 0. The van der Waals surface area contributed by atoms with Gasteiger partial charge in [-0.2, -0.15) is 0 Å². The van der Waals surface area contributed by atoms with Gasteiger partial charge in [0, 0.05) is 17.0 Å². The van der Waals surface area contributed by atoms with Crippen molar-refractivity contribution in [3.8, 4) is 11.5 Å². The maximum atomic E-state index is 11.2. The van der Waals surface area contributed by atoms with E-state index in [9.17, 15) is 15.3 Å². The van der Waals surface area contributed by atoms with Crippen molar-refractivity contribution in [2.75, 3.05) is 19.8 Å². The maximum absolute atomic E-state index is 11.2. The van der Waals surface area contributed by atoms with E-state index in [1.807, 2.05) is 42.5 Å². The van der Waals surface area contributed by atoms with Crippen LogP contribution in [-0.4, -0.2) is 51.6 Å². The normalized spacial score (nSPS) is 24.3. The molecule has 34 heavy (non-hydrogen) atoms. The van der Waals surface area contributed by atoms with E-state index >= 15 is 0 Å². The average molecular weight is 463 g/mol. The van der Waals surface area contributed by atoms with Gasteiger partial charge in [-0.15, -0.1) is 0 Å². The molecule has 0 aromatic heterocycles. The van der Waals surface area contributed by atoms with Crippen LogP contribution in [0.25, 0.3) is 18.2 Å². The number of fused-ring (bicyclic) bond motifs is 3. The number of phenolic OH excluding ortho intramolecular Hbond substituents is 1. The van der Waals surface area contributed by atoms with Crippen LogP contribution in [0.15, 0.2) is 66.3 Å². The summed E-state index contributed by atoms with van der Waals surface area (Å²) in [7, 11) is 0. The van der Waals surface area contributed by atoms with Crippen LogP contribution in [0.3, 0.4) is 0 Å². The predicted octanol–water partition coefficient (Wildman–Crippen LogP) is 3.61. The first kappa shape index (κ1) is 24.0. The number of ether oxygens (including phenoxy) is 1. The fourth-order valence-corrected chi connectivity index (χ4v) is 4.75. The molecule has 0 bridgehead atoms. The molecular weight excluding hydrogens is 432 g/mol. The Balaban J connectivity index is 1.79. The van der Waals surface area contributed by atoms with Crippen LogP contribution < -0.4 is 4.74 Å². The lowest BCUT2D eigenvalue weighted by molar-refractivity contribution is -0.117. The summed E-state index contributed by atoms with van der Waals surface area (Å²) in [5.74, 6) is 0.438. The first-order valence-electron chi connectivity index (χ1n) is 11.4. The molecule has 6 nitrogen and oxygen atoms in total. The monoisotopic (exact) mass is 462 g/mol. The minimum Gasteiger partial charge on any atom is -0.507 e. The van der Waals surface area contributed by atoms with Crippen LogP contribution in [-0.2, 0) is 0 Å². The summed E-state index contributed by atoms with van der Waals surface area (Å²) in [4.78, 5) is 0. The van der Waals surface area contributed by atoms with Crippen LogP contribution in [0.4, 0.5) is 0 Å². The van der Waals surface area contributed by atoms with Crippen LogP contribution in [0.1, 0.15) is 41.0 Å². The Bertz CT molecular complexity index is 1150. The van der Waals surface area contributed by atoms with Gasteiger partial charge in [0.2, 0.25) is 6.29 Å². The Morgan fingerprint density at radius 2 is 1.65 bits per heavy atom. The van der Waals surface area contributed by atoms with Gasteiger partial charge in [0.25, 0.3) is 0 Å². The molecular formula is C28H30O6. The number of hydrogen-bond donors (Lipinski definition) is 5. The average Bonchev–Trinajstić information content (AvgIpc) is 2.86. The van der Waals surface area contributed by atoms with E-state index in [1.54, 1.807) is 36.4 Å². The van der Waals surface area contributed by atoms with Crippen LogP contribution >= 0.6 is 0 Å². The number of allylic oxidation sites excluding steroid dienone is 1.